The van der Waals surface area contributed by atoms with E-state index < -0.39 is 0 Å². The second-order valence-corrected chi connectivity index (χ2v) is 5.98. The highest BCUT2D eigenvalue weighted by molar-refractivity contribution is 5.43. The van der Waals surface area contributed by atoms with Crippen molar-refractivity contribution < 1.29 is 14.2 Å². The van der Waals surface area contributed by atoms with Gasteiger partial charge in [0, 0.05) is 18.9 Å². The third-order valence-electron chi connectivity index (χ3n) is 4.51. The third kappa shape index (κ3) is 3.14. The van der Waals surface area contributed by atoms with Crippen molar-refractivity contribution in [1.82, 2.24) is 0 Å². The predicted molar refractivity (Wildman–Crippen MR) is 78.5 cm³/mol. The summed E-state index contributed by atoms with van der Waals surface area (Å²) in [6.45, 7) is 0.764. The maximum absolute atomic E-state index is 9.07. The lowest BCUT2D eigenvalue weighted by molar-refractivity contribution is -0.108. The van der Waals surface area contributed by atoms with Gasteiger partial charge < -0.3 is 14.2 Å². The molecule has 0 amide bonds. The molecule has 2 aliphatic rings. The van der Waals surface area contributed by atoms with Gasteiger partial charge in [-0.15, -0.1) is 0 Å². The van der Waals surface area contributed by atoms with Gasteiger partial charge in [-0.05, 0) is 25.0 Å². The molecule has 1 heterocycles. The average Bonchev–Trinajstić information content (AvgIpc) is 2.94. The molecule has 1 aromatic rings. The van der Waals surface area contributed by atoms with Crippen LogP contribution in [0.3, 0.4) is 0 Å². The molecule has 4 heteroatoms. The van der Waals surface area contributed by atoms with Crippen LogP contribution in [0.25, 0.3) is 0 Å². The first-order valence-corrected chi connectivity index (χ1v) is 7.63. The number of ether oxygens (including phenoxy) is 3. The van der Waals surface area contributed by atoms with Crippen LogP contribution in [0, 0.1) is 11.3 Å². The molecular weight excluding hydrogens is 266 g/mol. The summed E-state index contributed by atoms with van der Waals surface area (Å²) < 4.78 is 17.4. The number of rotatable bonds is 3. The fraction of sp³-hybridized carbons (Fsp3) is 0.588. The van der Waals surface area contributed by atoms with Crippen LogP contribution in [0.2, 0.25) is 0 Å². The first-order valence-electron chi connectivity index (χ1n) is 7.63. The highest BCUT2D eigenvalue weighted by Gasteiger charge is 2.40. The smallest absolute Gasteiger partial charge is 0.124 e. The molecule has 1 unspecified atom stereocenters. The fourth-order valence-electron chi connectivity index (χ4n) is 3.47. The van der Waals surface area contributed by atoms with E-state index in [9.17, 15) is 0 Å². The largest absolute Gasteiger partial charge is 0.497 e. The first kappa shape index (κ1) is 14.2. The van der Waals surface area contributed by atoms with Crippen molar-refractivity contribution >= 4 is 0 Å². The summed E-state index contributed by atoms with van der Waals surface area (Å²) in [6, 6.07) is 7.48. The molecule has 1 saturated carbocycles. The van der Waals surface area contributed by atoms with E-state index >= 15 is 0 Å². The third-order valence-corrected chi connectivity index (χ3v) is 4.51. The van der Waals surface area contributed by atoms with Gasteiger partial charge in [-0.1, -0.05) is 12.8 Å². The van der Waals surface area contributed by atoms with Crippen molar-refractivity contribution in [1.29, 1.82) is 5.26 Å². The van der Waals surface area contributed by atoms with Crippen molar-refractivity contribution in [3.63, 3.8) is 0 Å². The minimum atomic E-state index is 0.0415. The second-order valence-electron chi connectivity index (χ2n) is 5.98. The van der Waals surface area contributed by atoms with Crippen LogP contribution in [0.5, 0.6) is 11.5 Å². The van der Waals surface area contributed by atoms with Crippen LogP contribution in [-0.4, -0.2) is 25.4 Å². The molecule has 1 atom stereocenters. The van der Waals surface area contributed by atoms with Gasteiger partial charge in [0.05, 0.1) is 31.0 Å². The lowest BCUT2D eigenvalue weighted by Gasteiger charge is -2.38. The Morgan fingerprint density at radius 3 is 2.71 bits per heavy atom. The molecule has 0 aromatic heterocycles. The SMILES string of the molecule is COc1cc(C#N)cc(OC2CCOC3(CCCC3)C2)c1. The normalized spacial score (nSPS) is 23.7. The maximum Gasteiger partial charge on any atom is 0.124 e. The molecule has 112 valence electrons. The molecule has 0 bridgehead atoms. The number of benzene rings is 1. The van der Waals surface area contributed by atoms with Crippen LogP contribution in [-0.2, 0) is 4.74 Å². The Kier molecular flexibility index (Phi) is 4.03. The molecule has 1 spiro atoms. The fourth-order valence-corrected chi connectivity index (χ4v) is 3.47. The zero-order valence-corrected chi connectivity index (χ0v) is 12.4. The van der Waals surface area contributed by atoms with E-state index in [1.807, 2.05) is 6.07 Å². The van der Waals surface area contributed by atoms with Gasteiger partial charge in [0.25, 0.3) is 0 Å². The summed E-state index contributed by atoms with van der Waals surface area (Å²) in [4.78, 5) is 0. The van der Waals surface area contributed by atoms with Gasteiger partial charge in [0.2, 0.25) is 0 Å². The van der Waals surface area contributed by atoms with Crippen molar-refractivity contribution in [3.8, 4) is 17.6 Å². The van der Waals surface area contributed by atoms with Crippen LogP contribution < -0.4 is 9.47 Å². The van der Waals surface area contributed by atoms with Crippen LogP contribution in [0.15, 0.2) is 18.2 Å². The Hall–Kier alpha value is -1.73. The Labute approximate surface area is 125 Å². The van der Waals surface area contributed by atoms with E-state index in [0.717, 1.165) is 32.3 Å². The van der Waals surface area contributed by atoms with Crippen LogP contribution in [0.4, 0.5) is 0 Å². The van der Waals surface area contributed by atoms with Gasteiger partial charge >= 0.3 is 0 Å². The maximum atomic E-state index is 9.07. The summed E-state index contributed by atoms with van der Waals surface area (Å²) in [5.41, 5.74) is 0.604. The number of nitrogens with zero attached hydrogens (tertiary/aromatic N) is 1. The average molecular weight is 287 g/mol. The molecule has 3 rings (SSSR count). The van der Waals surface area contributed by atoms with Crippen LogP contribution >= 0.6 is 0 Å². The molecule has 0 N–H and O–H groups in total. The monoisotopic (exact) mass is 287 g/mol. The van der Waals surface area contributed by atoms with Gasteiger partial charge in [0.15, 0.2) is 0 Å². The van der Waals surface area contributed by atoms with Crippen molar-refractivity contribution in [2.24, 2.45) is 0 Å². The molecular formula is C17H21NO3. The summed E-state index contributed by atoms with van der Waals surface area (Å²) in [5, 5.41) is 9.07. The quantitative estimate of drug-likeness (QED) is 0.854. The van der Waals surface area contributed by atoms with Gasteiger partial charge in [-0.25, -0.2) is 0 Å². The summed E-state index contributed by atoms with van der Waals surface area (Å²) >= 11 is 0. The number of nitriles is 1. The van der Waals surface area contributed by atoms with E-state index in [-0.39, 0.29) is 11.7 Å². The molecule has 1 aliphatic heterocycles. The molecule has 2 fully saturated rings. The number of hydrogen-bond donors (Lipinski definition) is 0. The highest BCUT2D eigenvalue weighted by atomic mass is 16.5. The second kappa shape index (κ2) is 5.95. The minimum Gasteiger partial charge on any atom is -0.497 e. The number of methoxy groups -OCH3 is 1. The van der Waals surface area contributed by atoms with Crippen LogP contribution in [0.1, 0.15) is 44.1 Å². The lowest BCUT2D eigenvalue weighted by Crippen LogP contribution is -2.41. The molecule has 21 heavy (non-hydrogen) atoms. The molecule has 4 nitrogen and oxygen atoms in total. The summed E-state index contributed by atoms with van der Waals surface area (Å²) in [5.74, 6) is 1.37. The standard InChI is InChI=1S/C17H21NO3/c1-19-15-8-13(12-18)9-16(10-15)21-14-4-7-20-17(11-14)5-2-3-6-17/h8-10,14H,2-7,11H2,1H3. The Morgan fingerprint density at radius 1 is 1.24 bits per heavy atom. The molecule has 1 saturated heterocycles. The minimum absolute atomic E-state index is 0.0415. The Morgan fingerprint density at radius 2 is 2.00 bits per heavy atom. The van der Waals surface area contributed by atoms with Gasteiger partial charge in [-0.2, -0.15) is 5.26 Å². The predicted octanol–water partition coefficient (Wildman–Crippen LogP) is 3.44. The molecule has 1 aliphatic carbocycles. The Balaban J connectivity index is 1.72. The van der Waals surface area contributed by atoms with Gasteiger partial charge in [0.1, 0.15) is 17.6 Å². The van der Waals surface area contributed by atoms with Crippen molar-refractivity contribution in [3.05, 3.63) is 23.8 Å². The van der Waals surface area contributed by atoms with E-state index in [1.54, 1.807) is 19.2 Å². The number of hydrogen-bond acceptors (Lipinski definition) is 4. The van der Waals surface area contributed by atoms with E-state index in [1.165, 1.54) is 12.8 Å². The molecule has 0 radical (unpaired) electrons. The van der Waals surface area contributed by atoms with E-state index in [0.29, 0.717) is 17.1 Å². The van der Waals surface area contributed by atoms with E-state index in [2.05, 4.69) is 6.07 Å². The van der Waals surface area contributed by atoms with E-state index in [4.69, 9.17) is 19.5 Å². The van der Waals surface area contributed by atoms with Gasteiger partial charge in [-0.3, -0.25) is 0 Å². The zero-order chi connectivity index (χ0) is 14.7. The topological polar surface area (TPSA) is 51.5 Å². The highest BCUT2D eigenvalue weighted by Crippen LogP contribution is 2.41. The lowest BCUT2D eigenvalue weighted by atomic mass is 9.90. The zero-order valence-electron chi connectivity index (χ0n) is 12.4. The summed E-state index contributed by atoms with van der Waals surface area (Å²) in [7, 11) is 1.60. The van der Waals surface area contributed by atoms with Crippen molar-refractivity contribution in [2.75, 3.05) is 13.7 Å². The van der Waals surface area contributed by atoms with Crippen molar-refractivity contribution in [2.45, 2.75) is 50.2 Å². The summed E-state index contributed by atoms with van der Waals surface area (Å²) in [6.07, 6.45) is 6.82. The molecule has 1 aromatic carbocycles. The Bertz CT molecular complexity index is 543. The first-order chi connectivity index (χ1) is 10.2.